The van der Waals surface area contributed by atoms with Crippen molar-refractivity contribution in [1.29, 1.82) is 0 Å². The number of carbonyl (C=O) groups excluding carboxylic acids is 3. The Bertz CT molecular complexity index is 794. The van der Waals surface area contributed by atoms with Gasteiger partial charge in [0.15, 0.2) is 0 Å². The zero-order valence-electron chi connectivity index (χ0n) is 17.7. The number of carbonyl (C=O) groups is 3. The molecule has 2 amide bonds. The van der Waals surface area contributed by atoms with E-state index in [4.69, 9.17) is 4.74 Å². The summed E-state index contributed by atoms with van der Waals surface area (Å²) in [5.74, 6) is -6.87. The lowest BCUT2D eigenvalue weighted by Gasteiger charge is -2.27. The van der Waals surface area contributed by atoms with Crippen LogP contribution in [0.2, 0.25) is 0 Å². The molecule has 3 rings (SSSR count). The first-order valence-corrected chi connectivity index (χ1v) is 10.7. The van der Waals surface area contributed by atoms with Crippen LogP contribution in [0.4, 0.5) is 8.78 Å². The van der Waals surface area contributed by atoms with E-state index < -0.39 is 23.7 Å². The van der Waals surface area contributed by atoms with E-state index in [1.165, 1.54) is 9.91 Å². The number of nitrogens with zero attached hydrogens (tertiary/aromatic N) is 2. The van der Waals surface area contributed by atoms with Crippen LogP contribution in [-0.2, 0) is 20.8 Å². The maximum absolute atomic E-state index is 14.6. The molecule has 2 saturated heterocycles. The third-order valence-corrected chi connectivity index (χ3v) is 5.85. The lowest BCUT2D eigenvalue weighted by Crippen LogP contribution is -2.56. The highest BCUT2D eigenvalue weighted by molar-refractivity contribution is 6.10. The number of rotatable bonds is 9. The molecule has 0 saturated carbocycles. The Balaban J connectivity index is 1.53. The van der Waals surface area contributed by atoms with E-state index in [1.54, 1.807) is 7.11 Å². The number of hydrogen-bond acceptors (Lipinski definition) is 5. The lowest BCUT2D eigenvalue weighted by molar-refractivity contribution is -0.165. The van der Waals surface area contributed by atoms with Gasteiger partial charge in [0.25, 0.3) is 0 Å². The number of alkyl halides is 2. The summed E-state index contributed by atoms with van der Waals surface area (Å²) in [6.07, 6.45) is 3.56. The Hall–Kier alpha value is -2.55. The van der Waals surface area contributed by atoms with Crippen molar-refractivity contribution in [3.05, 3.63) is 29.8 Å². The summed E-state index contributed by atoms with van der Waals surface area (Å²) in [5.41, 5.74) is 3.17. The number of hydrazine groups is 1. The fourth-order valence-corrected chi connectivity index (χ4v) is 4.08. The van der Waals surface area contributed by atoms with E-state index in [-0.39, 0.29) is 25.3 Å². The first-order valence-electron chi connectivity index (χ1n) is 10.7. The molecule has 1 atom stereocenters. The van der Waals surface area contributed by atoms with Crippen LogP contribution in [0.5, 0.6) is 5.75 Å². The van der Waals surface area contributed by atoms with Crippen LogP contribution in [0.3, 0.4) is 0 Å². The number of Topliss-reactive ketones (excluding diaryl/α,β-unsaturated/α-hetero) is 1. The highest BCUT2D eigenvalue weighted by Crippen LogP contribution is 2.27. The number of ketones is 1. The van der Waals surface area contributed by atoms with Crippen LogP contribution in [-0.4, -0.2) is 66.2 Å². The van der Waals surface area contributed by atoms with Gasteiger partial charge in [0.05, 0.1) is 13.2 Å². The van der Waals surface area contributed by atoms with Crippen molar-refractivity contribution in [3.8, 4) is 5.75 Å². The second-order valence-electron chi connectivity index (χ2n) is 8.02. The Labute approximate surface area is 180 Å². The largest absolute Gasteiger partial charge is 0.497 e. The van der Waals surface area contributed by atoms with E-state index in [9.17, 15) is 23.2 Å². The minimum absolute atomic E-state index is 0.148. The summed E-state index contributed by atoms with van der Waals surface area (Å²) in [6, 6.07) is 6.23. The zero-order valence-corrected chi connectivity index (χ0v) is 17.7. The van der Waals surface area contributed by atoms with Gasteiger partial charge >= 0.3 is 11.8 Å². The molecule has 7 nitrogen and oxygen atoms in total. The molecular weight excluding hydrogens is 408 g/mol. The number of amides is 2. The summed E-state index contributed by atoms with van der Waals surface area (Å²) >= 11 is 0. The third kappa shape index (κ3) is 5.58. The summed E-state index contributed by atoms with van der Waals surface area (Å²) in [6.45, 7) is 1.22. The third-order valence-electron chi connectivity index (χ3n) is 5.85. The molecule has 0 aromatic heterocycles. The normalized spacial score (nSPS) is 19.5. The van der Waals surface area contributed by atoms with Gasteiger partial charge in [-0.3, -0.25) is 19.8 Å². The summed E-state index contributed by atoms with van der Waals surface area (Å²) in [7, 11) is 1.58. The highest BCUT2D eigenvalue weighted by Gasteiger charge is 2.53. The van der Waals surface area contributed by atoms with Gasteiger partial charge in [0.2, 0.25) is 11.7 Å². The highest BCUT2D eigenvalue weighted by atomic mass is 19.3. The maximum atomic E-state index is 14.6. The van der Waals surface area contributed by atoms with Crippen molar-refractivity contribution < 1.29 is 27.9 Å². The fraction of sp³-hybridized carbons (Fsp3) is 0.591. The number of likely N-dealkylation sites (tertiary alicyclic amines) is 1. The molecule has 0 bridgehead atoms. The van der Waals surface area contributed by atoms with Gasteiger partial charge in [-0.05, 0) is 56.2 Å². The Kier molecular flexibility index (Phi) is 7.59. The molecule has 0 spiro atoms. The van der Waals surface area contributed by atoms with Gasteiger partial charge in [-0.15, -0.1) is 0 Å². The van der Waals surface area contributed by atoms with E-state index in [2.05, 4.69) is 5.43 Å². The number of benzene rings is 1. The van der Waals surface area contributed by atoms with Crippen molar-refractivity contribution in [2.45, 2.75) is 56.9 Å². The molecule has 1 aromatic rings. The van der Waals surface area contributed by atoms with Gasteiger partial charge < -0.3 is 9.64 Å². The van der Waals surface area contributed by atoms with Crippen molar-refractivity contribution in [2.24, 2.45) is 0 Å². The minimum Gasteiger partial charge on any atom is -0.497 e. The molecule has 0 radical (unpaired) electrons. The van der Waals surface area contributed by atoms with Crippen LogP contribution in [0.15, 0.2) is 24.3 Å². The van der Waals surface area contributed by atoms with Gasteiger partial charge in [-0.1, -0.05) is 12.1 Å². The van der Waals surface area contributed by atoms with Crippen molar-refractivity contribution in [1.82, 2.24) is 15.3 Å². The average Bonchev–Trinajstić information content (AvgIpc) is 3.45. The molecule has 170 valence electrons. The molecule has 1 N–H and O–H groups in total. The van der Waals surface area contributed by atoms with E-state index >= 15 is 0 Å². The number of halogens is 2. The molecule has 2 heterocycles. The Morgan fingerprint density at radius 3 is 2.42 bits per heavy atom. The monoisotopic (exact) mass is 437 g/mol. The molecule has 2 aliphatic heterocycles. The second-order valence-corrected chi connectivity index (χ2v) is 8.02. The fourth-order valence-electron chi connectivity index (χ4n) is 4.08. The smallest absolute Gasteiger partial charge is 0.384 e. The first-order chi connectivity index (χ1) is 14.8. The van der Waals surface area contributed by atoms with Crippen LogP contribution >= 0.6 is 0 Å². The van der Waals surface area contributed by atoms with Crippen LogP contribution in [0.25, 0.3) is 0 Å². The Morgan fingerprint density at radius 2 is 1.77 bits per heavy atom. The van der Waals surface area contributed by atoms with Gasteiger partial charge in [-0.25, -0.2) is 5.01 Å². The van der Waals surface area contributed by atoms with Crippen molar-refractivity contribution >= 4 is 17.6 Å². The SMILES string of the molecule is COc1ccc(CCCC(=O)N2CCCC2C(=O)C(F)(F)C(=O)NN2CCCC2)cc1. The van der Waals surface area contributed by atoms with E-state index in [1.807, 2.05) is 24.3 Å². The molecule has 31 heavy (non-hydrogen) atoms. The van der Waals surface area contributed by atoms with Gasteiger partial charge in [0, 0.05) is 26.1 Å². The predicted octanol–water partition coefficient (Wildman–Crippen LogP) is 2.34. The van der Waals surface area contributed by atoms with Crippen LogP contribution < -0.4 is 10.2 Å². The molecular formula is C22H29F2N3O4. The van der Waals surface area contributed by atoms with Crippen molar-refractivity contribution in [3.63, 3.8) is 0 Å². The predicted molar refractivity (Wildman–Crippen MR) is 110 cm³/mol. The van der Waals surface area contributed by atoms with E-state index in [0.717, 1.165) is 24.2 Å². The topological polar surface area (TPSA) is 78.9 Å². The molecule has 1 aromatic carbocycles. The van der Waals surface area contributed by atoms with Crippen molar-refractivity contribution in [2.75, 3.05) is 26.7 Å². The maximum Gasteiger partial charge on any atom is 0.384 e. The minimum atomic E-state index is -4.17. The standard InChI is InChI=1S/C22H29F2N3O4/c1-31-17-11-9-16(10-12-17)6-4-8-19(28)27-15-5-7-18(27)20(29)22(23,24)21(30)25-26-13-2-3-14-26/h9-12,18H,2-8,13-15H2,1H3,(H,25,30). The molecule has 0 aliphatic carbocycles. The molecule has 2 fully saturated rings. The quantitative estimate of drug-likeness (QED) is 0.600. The second kappa shape index (κ2) is 10.2. The number of nitrogens with one attached hydrogen (secondary N) is 1. The Morgan fingerprint density at radius 1 is 1.10 bits per heavy atom. The average molecular weight is 437 g/mol. The summed E-state index contributed by atoms with van der Waals surface area (Å²) < 4.78 is 34.2. The van der Waals surface area contributed by atoms with Crippen LogP contribution in [0.1, 0.15) is 44.1 Å². The molecule has 1 unspecified atom stereocenters. The lowest BCUT2D eigenvalue weighted by atomic mass is 10.0. The molecule has 2 aliphatic rings. The van der Waals surface area contributed by atoms with E-state index in [0.29, 0.717) is 32.4 Å². The van der Waals surface area contributed by atoms with Gasteiger partial charge in [-0.2, -0.15) is 8.78 Å². The summed E-state index contributed by atoms with van der Waals surface area (Å²) in [4.78, 5) is 38.4. The number of aryl methyl sites for hydroxylation is 1. The first kappa shape index (κ1) is 23.1. The van der Waals surface area contributed by atoms with Crippen LogP contribution in [0, 0.1) is 0 Å². The number of ether oxygens (including phenoxy) is 1. The van der Waals surface area contributed by atoms with Gasteiger partial charge in [0.1, 0.15) is 5.75 Å². The number of methoxy groups -OCH3 is 1. The number of hydrogen-bond donors (Lipinski definition) is 1. The zero-order chi connectivity index (χ0) is 22.4. The summed E-state index contributed by atoms with van der Waals surface area (Å²) in [5, 5.41) is 1.40. The molecule has 9 heteroatoms.